The number of aromatic nitrogens is 1. The van der Waals surface area contributed by atoms with Crippen LogP contribution in [0.25, 0.3) is 0 Å². The largest absolute Gasteiger partial charge is 0.433 e. The van der Waals surface area contributed by atoms with Gasteiger partial charge in [0.05, 0.1) is 4.21 Å². The number of halogens is 3. The smallest absolute Gasteiger partial charge is 0.326 e. The lowest BCUT2D eigenvalue weighted by atomic mass is 10.2. The molecule has 2 aromatic heterocycles. The molecule has 2 rings (SSSR count). The molecule has 0 fully saturated rings. The zero-order valence-corrected chi connectivity index (χ0v) is 10.7. The molecule has 2 heterocycles. The third kappa shape index (κ3) is 3.04. The van der Waals surface area contributed by atoms with Gasteiger partial charge in [-0.1, -0.05) is 23.9 Å². The third-order valence-electron chi connectivity index (χ3n) is 2.14. The van der Waals surface area contributed by atoms with Gasteiger partial charge in [0.2, 0.25) is 0 Å². The summed E-state index contributed by atoms with van der Waals surface area (Å²) in [5, 5.41) is 2.17. The van der Waals surface area contributed by atoms with E-state index in [9.17, 15) is 13.2 Å². The summed E-state index contributed by atoms with van der Waals surface area (Å²) in [6, 6.07) is 6.01. The Morgan fingerprint density at radius 3 is 2.61 bits per heavy atom. The van der Waals surface area contributed by atoms with Gasteiger partial charge in [-0.05, 0) is 23.1 Å². The van der Waals surface area contributed by atoms with Crippen molar-refractivity contribution in [2.24, 2.45) is 5.73 Å². The Bertz CT molecular complexity index is 524. The van der Waals surface area contributed by atoms with Crippen molar-refractivity contribution in [1.29, 1.82) is 0 Å². The van der Waals surface area contributed by atoms with Crippen LogP contribution >= 0.6 is 23.1 Å². The molecule has 0 aliphatic rings. The number of rotatable bonds is 3. The summed E-state index contributed by atoms with van der Waals surface area (Å²) >= 11 is 2.65. The highest BCUT2D eigenvalue weighted by atomic mass is 32.2. The van der Waals surface area contributed by atoms with Gasteiger partial charge in [0, 0.05) is 6.54 Å². The lowest BCUT2D eigenvalue weighted by Crippen LogP contribution is -2.10. The fourth-order valence-electron chi connectivity index (χ4n) is 1.29. The number of thiophene rings is 1. The molecule has 0 saturated heterocycles. The minimum atomic E-state index is -4.43. The summed E-state index contributed by atoms with van der Waals surface area (Å²) in [4.78, 5) is 3.65. The molecule has 2 aromatic rings. The minimum absolute atomic E-state index is 0.166. The van der Waals surface area contributed by atoms with Crippen molar-refractivity contribution in [3.8, 4) is 0 Å². The van der Waals surface area contributed by atoms with Gasteiger partial charge in [-0.25, -0.2) is 4.98 Å². The van der Waals surface area contributed by atoms with Gasteiger partial charge in [0.25, 0.3) is 0 Å². The van der Waals surface area contributed by atoms with Crippen LogP contribution in [0.2, 0.25) is 0 Å². The molecule has 0 saturated carbocycles. The van der Waals surface area contributed by atoms with E-state index < -0.39 is 11.9 Å². The number of nitrogens with two attached hydrogens (primary N) is 1. The molecule has 2 nitrogen and oxygen atoms in total. The van der Waals surface area contributed by atoms with E-state index in [2.05, 4.69) is 4.98 Å². The predicted octanol–water partition coefficient (Wildman–Crippen LogP) is 3.77. The Balaban J connectivity index is 2.37. The molecule has 0 bridgehead atoms. The van der Waals surface area contributed by atoms with Crippen LogP contribution in [-0.2, 0) is 12.7 Å². The lowest BCUT2D eigenvalue weighted by molar-refractivity contribution is -0.141. The van der Waals surface area contributed by atoms with E-state index in [1.54, 1.807) is 0 Å². The van der Waals surface area contributed by atoms with Gasteiger partial charge in [-0.2, -0.15) is 13.2 Å². The predicted molar refractivity (Wildman–Crippen MR) is 65.6 cm³/mol. The first-order chi connectivity index (χ1) is 8.50. The summed E-state index contributed by atoms with van der Waals surface area (Å²) < 4.78 is 38.6. The van der Waals surface area contributed by atoms with Crippen LogP contribution in [-0.4, -0.2) is 4.98 Å². The molecule has 0 radical (unpaired) electrons. The van der Waals surface area contributed by atoms with Crippen molar-refractivity contribution in [2.75, 3.05) is 0 Å². The number of nitrogens with zero attached hydrogens (tertiary/aromatic N) is 1. The fraction of sp³-hybridized carbons (Fsp3) is 0.182. The highest BCUT2D eigenvalue weighted by molar-refractivity contribution is 8.01. The normalized spacial score (nSPS) is 11.8. The summed E-state index contributed by atoms with van der Waals surface area (Å²) in [5.41, 5.74) is 5.23. The summed E-state index contributed by atoms with van der Waals surface area (Å²) in [7, 11) is 0. The van der Waals surface area contributed by atoms with Crippen LogP contribution < -0.4 is 5.73 Å². The van der Waals surface area contributed by atoms with E-state index in [4.69, 9.17) is 5.73 Å². The Morgan fingerprint density at radius 2 is 2.06 bits per heavy atom. The Kier molecular flexibility index (Phi) is 3.94. The van der Waals surface area contributed by atoms with Gasteiger partial charge in [0.15, 0.2) is 0 Å². The van der Waals surface area contributed by atoms with E-state index >= 15 is 0 Å². The molecule has 0 unspecified atom stereocenters. The first-order valence-electron chi connectivity index (χ1n) is 4.99. The standard InChI is InChI=1S/C11H9F3N2S2/c12-11(13,14)8-4-3-7(6-15)10(16-8)18-9-2-1-5-17-9/h1-5H,6,15H2. The van der Waals surface area contributed by atoms with Crippen LogP contribution in [0.3, 0.4) is 0 Å². The lowest BCUT2D eigenvalue weighted by Gasteiger charge is -2.10. The van der Waals surface area contributed by atoms with Crippen molar-refractivity contribution >= 4 is 23.1 Å². The average molecular weight is 290 g/mol. The molecule has 2 N–H and O–H groups in total. The molecule has 18 heavy (non-hydrogen) atoms. The molecule has 0 atom stereocenters. The van der Waals surface area contributed by atoms with Gasteiger partial charge in [-0.3, -0.25) is 0 Å². The van der Waals surface area contributed by atoms with Crippen LogP contribution in [0.1, 0.15) is 11.3 Å². The van der Waals surface area contributed by atoms with Gasteiger partial charge in [0.1, 0.15) is 10.7 Å². The monoisotopic (exact) mass is 290 g/mol. The second kappa shape index (κ2) is 5.29. The highest BCUT2D eigenvalue weighted by Crippen LogP contribution is 2.35. The first-order valence-corrected chi connectivity index (χ1v) is 6.69. The maximum atomic E-state index is 12.6. The third-order valence-corrected chi connectivity index (χ3v) is 4.23. The molecular formula is C11H9F3N2S2. The van der Waals surface area contributed by atoms with E-state index in [-0.39, 0.29) is 6.54 Å². The second-order valence-electron chi connectivity index (χ2n) is 3.40. The quantitative estimate of drug-likeness (QED) is 0.935. The molecule has 0 amide bonds. The molecular weight excluding hydrogens is 281 g/mol. The Hall–Kier alpha value is -1.05. The van der Waals surface area contributed by atoms with E-state index in [1.807, 2.05) is 17.5 Å². The molecule has 0 spiro atoms. The summed E-state index contributed by atoms with van der Waals surface area (Å²) in [5.74, 6) is 0. The maximum Gasteiger partial charge on any atom is 0.433 e. The number of hydrogen-bond acceptors (Lipinski definition) is 4. The van der Waals surface area contributed by atoms with Gasteiger partial charge < -0.3 is 5.73 Å². The van der Waals surface area contributed by atoms with Crippen LogP contribution in [0.15, 0.2) is 38.9 Å². The topological polar surface area (TPSA) is 38.9 Å². The van der Waals surface area contributed by atoms with Crippen molar-refractivity contribution in [3.63, 3.8) is 0 Å². The number of pyridine rings is 1. The first kappa shape index (κ1) is 13.4. The Labute approximate surface area is 110 Å². The molecule has 96 valence electrons. The van der Waals surface area contributed by atoms with E-state index in [0.29, 0.717) is 10.6 Å². The summed E-state index contributed by atoms with van der Waals surface area (Å²) in [6.07, 6.45) is -4.43. The maximum absolute atomic E-state index is 12.6. The van der Waals surface area contributed by atoms with Gasteiger partial charge >= 0.3 is 6.18 Å². The number of hydrogen-bond donors (Lipinski definition) is 1. The molecule has 0 aliphatic heterocycles. The average Bonchev–Trinajstić information content (AvgIpc) is 2.80. The zero-order chi connectivity index (χ0) is 13.2. The second-order valence-corrected chi connectivity index (χ2v) is 5.63. The zero-order valence-electron chi connectivity index (χ0n) is 9.07. The van der Waals surface area contributed by atoms with Crippen LogP contribution in [0.5, 0.6) is 0 Å². The Morgan fingerprint density at radius 1 is 1.28 bits per heavy atom. The fourth-order valence-corrected chi connectivity index (χ4v) is 3.10. The van der Waals surface area contributed by atoms with Crippen molar-refractivity contribution in [1.82, 2.24) is 4.98 Å². The van der Waals surface area contributed by atoms with Crippen molar-refractivity contribution in [3.05, 3.63) is 40.9 Å². The van der Waals surface area contributed by atoms with E-state index in [0.717, 1.165) is 10.3 Å². The highest BCUT2D eigenvalue weighted by Gasteiger charge is 2.33. The van der Waals surface area contributed by atoms with Crippen molar-refractivity contribution < 1.29 is 13.2 Å². The van der Waals surface area contributed by atoms with E-state index in [1.165, 1.54) is 29.2 Å². The summed E-state index contributed by atoms with van der Waals surface area (Å²) in [6.45, 7) is 0.166. The molecule has 0 aliphatic carbocycles. The molecule has 0 aromatic carbocycles. The SMILES string of the molecule is NCc1ccc(C(F)(F)F)nc1Sc1cccs1. The van der Waals surface area contributed by atoms with Gasteiger partial charge in [-0.15, -0.1) is 11.3 Å². The minimum Gasteiger partial charge on any atom is -0.326 e. The molecule has 7 heteroatoms. The van der Waals surface area contributed by atoms with Crippen molar-refractivity contribution in [2.45, 2.75) is 22.0 Å². The number of alkyl halides is 3. The van der Waals surface area contributed by atoms with Crippen LogP contribution in [0, 0.1) is 0 Å². The van der Waals surface area contributed by atoms with Crippen LogP contribution in [0.4, 0.5) is 13.2 Å².